The van der Waals surface area contributed by atoms with E-state index in [1.807, 2.05) is 0 Å². The Morgan fingerprint density at radius 1 is 1.21 bits per heavy atom. The first-order chi connectivity index (χ1) is 11.1. The van der Waals surface area contributed by atoms with Crippen molar-refractivity contribution < 1.29 is 31.5 Å². The van der Waals surface area contributed by atoms with Crippen LogP contribution < -0.4 is 5.32 Å². The van der Waals surface area contributed by atoms with Gasteiger partial charge < -0.3 is 15.5 Å². The van der Waals surface area contributed by atoms with Crippen molar-refractivity contribution in [3.8, 4) is 0 Å². The molecule has 6 heteroatoms. The van der Waals surface area contributed by atoms with E-state index in [-0.39, 0.29) is 12.0 Å². The zero-order valence-electron chi connectivity index (χ0n) is 14.8. The highest BCUT2D eigenvalue weighted by molar-refractivity contribution is 5.85. The molecule has 0 heterocycles. The molecule has 19 heavy (non-hydrogen) atoms. The number of carbonyl (C=O) groups excluding carboxylic acids is 1. The lowest BCUT2D eigenvalue weighted by Gasteiger charge is -2.13. The van der Waals surface area contributed by atoms with E-state index >= 15 is 0 Å². The number of carboxylic acid groups (broad SMARTS) is 2. The molecule has 0 radical (unpaired) electrons. The standard InChI is InChI=1S/C13H15NO5/c15-11(8-9-4-2-1-3-5-9)14-10(13(18)19)6-7-12(16)17/h1-5,10H,6-8H2,(H,14,15)(H,16,17)(H,18,19)/i1D,2D,3D,4D,5D. The minimum Gasteiger partial charge on any atom is -0.481 e. The largest absolute Gasteiger partial charge is 0.481 e. The van der Waals surface area contributed by atoms with E-state index in [0.29, 0.717) is 0 Å². The number of hydrogen-bond donors (Lipinski definition) is 3. The fourth-order valence-corrected chi connectivity index (χ4v) is 1.30. The van der Waals surface area contributed by atoms with Crippen LogP contribution in [0.2, 0.25) is 0 Å². The number of aliphatic carboxylic acids is 2. The third-order valence-electron chi connectivity index (χ3n) is 2.17. The molecule has 0 fully saturated rings. The summed E-state index contributed by atoms with van der Waals surface area (Å²) < 4.78 is 37.8. The predicted octanol–water partition coefficient (Wildman–Crippen LogP) is 0.663. The summed E-state index contributed by atoms with van der Waals surface area (Å²) in [6, 6.07) is -4.33. The van der Waals surface area contributed by atoms with Gasteiger partial charge in [-0.05, 0) is 12.0 Å². The Morgan fingerprint density at radius 3 is 2.37 bits per heavy atom. The summed E-state index contributed by atoms with van der Waals surface area (Å²) in [6.45, 7) is 0. The molecule has 1 unspecified atom stereocenters. The van der Waals surface area contributed by atoms with E-state index in [0.717, 1.165) is 0 Å². The lowest BCUT2D eigenvalue weighted by molar-refractivity contribution is -0.143. The van der Waals surface area contributed by atoms with Gasteiger partial charge in [0.25, 0.3) is 0 Å². The molecule has 3 N–H and O–H groups in total. The number of hydrogen-bond acceptors (Lipinski definition) is 3. The van der Waals surface area contributed by atoms with Crippen LogP contribution in [0.4, 0.5) is 0 Å². The van der Waals surface area contributed by atoms with Gasteiger partial charge in [0.05, 0.1) is 13.3 Å². The van der Waals surface area contributed by atoms with Crippen LogP contribution in [-0.4, -0.2) is 34.1 Å². The molecule has 0 saturated carbocycles. The van der Waals surface area contributed by atoms with Gasteiger partial charge in [-0.1, -0.05) is 30.2 Å². The summed E-state index contributed by atoms with van der Waals surface area (Å²) in [4.78, 5) is 33.4. The Kier molecular flexibility index (Phi) is 3.27. The lowest BCUT2D eigenvalue weighted by atomic mass is 10.1. The van der Waals surface area contributed by atoms with Crippen LogP contribution >= 0.6 is 0 Å². The molecule has 0 saturated heterocycles. The Labute approximate surface area is 117 Å². The molecule has 0 aliphatic rings. The summed E-state index contributed by atoms with van der Waals surface area (Å²) >= 11 is 0. The molecule has 1 aromatic carbocycles. The molecule has 0 spiro atoms. The number of carboxylic acids is 2. The zero-order chi connectivity index (χ0) is 18.6. The van der Waals surface area contributed by atoms with Crippen LogP contribution in [-0.2, 0) is 20.8 Å². The molecule has 6 nitrogen and oxygen atoms in total. The third-order valence-corrected chi connectivity index (χ3v) is 2.17. The van der Waals surface area contributed by atoms with Crippen LogP contribution in [0, 0.1) is 0 Å². The number of carbonyl (C=O) groups is 3. The van der Waals surface area contributed by atoms with Crippen LogP contribution in [0.3, 0.4) is 0 Å². The highest BCUT2D eigenvalue weighted by atomic mass is 16.4. The Bertz CT molecular complexity index is 665. The molecule has 0 aliphatic heterocycles. The van der Waals surface area contributed by atoms with Gasteiger partial charge in [0.15, 0.2) is 0 Å². The quantitative estimate of drug-likeness (QED) is 0.675. The highest BCUT2D eigenvalue weighted by Crippen LogP contribution is 2.02. The van der Waals surface area contributed by atoms with E-state index in [4.69, 9.17) is 17.1 Å². The summed E-state index contributed by atoms with van der Waals surface area (Å²) in [7, 11) is 0. The van der Waals surface area contributed by atoms with Crippen molar-refractivity contribution in [2.45, 2.75) is 25.3 Å². The summed E-state index contributed by atoms with van der Waals surface area (Å²) in [5, 5.41) is 19.6. The smallest absolute Gasteiger partial charge is 0.326 e. The van der Waals surface area contributed by atoms with Crippen LogP contribution in [0.15, 0.2) is 30.2 Å². The fourth-order valence-electron chi connectivity index (χ4n) is 1.30. The van der Waals surface area contributed by atoms with Crippen molar-refractivity contribution in [3.05, 3.63) is 35.8 Å². The first-order valence-electron chi connectivity index (χ1n) is 7.86. The molecule has 0 bridgehead atoms. The first kappa shape index (κ1) is 8.68. The van der Waals surface area contributed by atoms with Crippen molar-refractivity contribution in [3.63, 3.8) is 0 Å². The molecule has 1 amide bonds. The van der Waals surface area contributed by atoms with E-state index in [9.17, 15) is 14.4 Å². The van der Waals surface area contributed by atoms with Gasteiger partial charge >= 0.3 is 11.9 Å². The van der Waals surface area contributed by atoms with Gasteiger partial charge in [-0.15, -0.1) is 0 Å². The second-order valence-electron chi connectivity index (χ2n) is 3.67. The number of benzene rings is 1. The first-order valence-corrected chi connectivity index (χ1v) is 5.36. The van der Waals surface area contributed by atoms with Crippen molar-refractivity contribution in [2.75, 3.05) is 0 Å². The molecular weight excluding hydrogens is 250 g/mol. The van der Waals surface area contributed by atoms with Gasteiger partial charge in [0, 0.05) is 6.42 Å². The fraction of sp³-hybridized carbons (Fsp3) is 0.308. The van der Waals surface area contributed by atoms with Gasteiger partial charge in [0.1, 0.15) is 6.04 Å². The van der Waals surface area contributed by atoms with E-state index in [1.54, 1.807) is 0 Å². The van der Waals surface area contributed by atoms with Crippen LogP contribution in [0.5, 0.6) is 0 Å². The normalized spacial score (nSPS) is 15.3. The molecule has 0 aromatic heterocycles. The molecule has 1 aromatic rings. The van der Waals surface area contributed by atoms with Crippen molar-refractivity contribution >= 4 is 17.8 Å². The zero-order valence-corrected chi connectivity index (χ0v) is 9.82. The predicted molar refractivity (Wildman–Crippen MR) is 66.6 cm³/mol. The molecule has 1 atom stereocenters. The Balaban J connectivity index is 2.95. The number of amides is 1. The van der Waals surface area contributed by atoms with Gasteiger partial charge in [-0.3, -0.25) is 9.59 Å². The van der Waals surface area contributed by atoms with E-state index < -0.39 is 66.9 Å². The monoisotopic (exact) mass is 270 g/mol. The highest BCUT2D eigenvalue weighted by Gasteiger charge is 2.20. The van der Waals surface area contributed by atoms with E-state index in [2.05, 4.69) is 5.32 Å². The topological polar surface area (TPSA) is 104 Å². The SMILES string of the molecule is [2H]c1c([2H])c([2H])c(CC(=O)NC(CCC(=O)O)C(=O)O)c([2H])c1[2H]. The number of rotatable bonds is 7. The maximum absolute atomic E-state index is 11.9. The van der Waals surface area contributed by atoms with E-state index in [1.165, 1.54) is 0 Å². The second-order valence-corrected chi connectivity index (χ2v) is 3.67. The maximum Gasteiger partial charge on any atom is 0.326 e. The average Bonchev–Trinajstić information content (AvgIpc) is 2.51. The molecular formula is C13H15NO5. The molecule has 1 rings (SSSR count). The van der Waals surface area contributed by atoms with Gasteiger partial charge in [-0.25, -0.2) is 4.79 Å². The summed E-state index contributed by atoms with van der Waals surface area (Å²) in [5.74, 6) is -3.53. The Morgan fingerprint density at radius 2 is 1.84 bits per heavy atom. The minimum absolute atomic E-state index is 0.263. The van der Waals surface area contributed by atoms with Gasteiger partial charge in [-0.2, -0.15) is 0 Å². The third kappa shape index (κ3) is 5.67. The van der Waals surface area contributed by atoms with Crippen molar-refractivity contribution in [1.29, 1.82) is 0 Å². The van der Waals surface area contributed by atoms with Gasteiger partial charge in [0.2, 0.25) is 5.91 Å². The van der Waals surface area contributed by atoms with Crippen molar-refractivity contribution in [2.24, 2.45) is 0 Å². The average molecular weight is 270 g/mol. The van der Waals surface area contributed by atoms with Crippen molar-refractivity contribution in [1.82, 2.24) is 5.32 Å². The maximum atomic E-state index is 11.9. The summed E-state index contributed by atoms with van der Waals surface area (Å²) in [5.41, 5.74) is -0.263. The van der Waals surface area contributed by atoms with Crippen LogP contribution in [0.25, 0.3) is 0 Å². The Hall–Kier alpha value is -2.37. The number of nitrogens with one attached hydrogen (secondary N) is 1. The second kappa shape index (κ2) is 7.15. The molecule has 0 aliphatic carbocycles. The lowest BCUT2D eigenvalue weighted by Crippen LogP contribution is -2.41. The van der Waals surface area contributed by atoms with Crippen LogP contribution in [0.1, 0.15) is 25.3 Å². The minimum atomic E-state index is -1.45. The summed E-state index contributed by atoms with van der Waals surface area (Å²) in [6.07, 6.45) is -1.42. The molecule has 102 valence electrons.